The van der Waals surface area contributed by atoms with E-state index in [0.29, 0.717) is 37.0 Å². The van der Waals surface area contributed by atoms with Crippen LogP contribution in [0, 0.1) is 12.7 Å². The lowest BCUT2D eigenvalue weighted by atomic mass is 9.79. The minimum Gasteiger partial charge on any atom is -0.380 e. The van der Waals surface area contributed by atoms with Crippen LogP contribution in [-0.2, 0) is 14.9 Å². The Kier molecular flexibility index (Phi) is 4.68. The van der Waals surface area contributed by atoms with Crippen molar-refractivity contribution in [3.8, 4) is 11.5 Å². The number of anilines is 1. The Morgan fingerprint density at radius 3 is 2.64 bits per heavy atom. The van der Waals surface area contributed by atoms with Gasteiger partial charge in [-0.2, -0.15) is 4.98 Å². The molecule has 0 bridgehead atoms. The van der Waals surface area contributed by atoms with E-state index in [-0.39, 0.29) is 11.7 Å². The third-order valence-electron chi connectivity index (χ3n) is 5.05. The maximum Gasteiger partial charge on any atom is 0.258 e. The molecule has 1 aliphatic heterocycles. The van der Waals surface area contributed by atoms with E-state index in [1.165, 1.54) is 19.1 Å². The number of aryl methyl sites for hydroxylation is 1. The highest BCUT2D eigenvalue weighted by molar-refractivity contribution is 5.89. The van der Waals surface area contributed by atoms with Crippen LogP contribution in [-0.4, -0.2) is 29.3 Å². The van der Waals surface area contributed by atoms with Crippen LogP contribution in [0.3, 0.4) is 0 Å². The lowest BCUT2D eigenvalue weighted by Crippen LogP contribution is -2.29. The molecular weight excluding hydrogens is 361 g/mol. The van der Waals surface area contributed by atoms with Crippen molar-refractivity contribution in [1.82, 2.24) is 10.1 Å². The molecular formula is C21H20FN3O3. The maximum atomic E-state index is 13.4. The Labute approximate surface area is 161 Å². The quantitative estimate of drug-likeness (QED) is 0.743. The fourth-order valence-corrected chi connectivity index (χ4v) is 3.58. The van der Waals surface area contributed by atoms with E-state index in [1.54, 1.807) is 18.2 Å². The van der Waals surface area contributed by atoms with Crippen molar-refractivity contribution in [3.05, 3.63) is 65.2 Å². The highest BCUT2D eigenvalue weighted by atomic mass is 19.1. The van der Waals surface area contributed by atoms with Gasteiger partial charge in [0.05, 0.1) is 12.0 Å². The minimum atomic E-state index is -0.556. The summed E-state index contributed by atoms with van der Waals surface area (Å²) in [5.41, 5.74) is 2.75. The molecule has 4 rings (SSSR count). The Morgan fingerprint density at radius 1 is 1.21 bits per heavy atom. The van der Waals surface area contributed by atoms with Crippen LogP contribution in [0.15, 0.2) is 47.0 Å². The Balaban J connectivity index is 1.70. The molecule has 3 aromatic rings. The van der Waals surface area contributed by atoms with Crippen molar-refractivity contribution < 1.29 is 18.4 Å². The zero-order chi connectivity index (χ0) is 19.7. The van der Waals surface area contributed by atoms with Gasteiger partial charge in [-0.1, -0.05) is 17.3 Å². The fraction of sp³-hybridized carbons (Fsp3) is 0.286. The van der Waals surface area contributed by atoms with Crippen molar-refractivity contribution in [1.29, 1.82) is 0 Å². The normalized spacial score (nSPS) is 19.0. The van der Waals surface area contributed by atoms with E-state index in [2.05, 4.69) is 15.5 Å². The highest BCUT2D eigenvalue weighted by Gasteiger charge is 2.43. The molecule has 1 N–H and O–H groups in total. The summed E-state index contributed by atoms with van der Waals surface area (Å²) in [5, 5.41) is 6.98. The monoisotopic (exact) mass is 381 g/mol. The number of amides is 1. The number of ether oxygens (including phenoxy) is 1. The number of rotatable bonds is 4. The average Bonchev–Trinajstić information content (AvgIpc) is 3.32. The van der Waals surface area contributed by atoms with E-state index in [1.807, 2.05) is 19.1 Å². The molecule has 1 aromatic heterocycles. The van der Waals surface area contributed by atoms with Crippen LogP contribution in [0.2, 0.25) is 0 Å². The number of hydrogen-bond acceptors (Lipinski definition) is 5. The van der Waals surface area contributed by atoms with E-state index in [9.17, 15) is 9.18 Å². The van der Waals surface area contributed by atoms with Gasteiger partial charge in [-0.3, -0.25) is 4.79 Å². The summed E-state index contributed by atoms with van der Waals surface area (Å²) in [6.07, 6.45) is 0.693. The molecule has 6 nitrogen and oxygen atoms in total. The SMILES string of the molecule is CC(=O)Nc1ccc(-c2nc([C@]3(c4ccc(F)cc4)CCOC3)no2)c(C)c1. The minimum absolute atomic E-state index is 0.130. The van der Waals surface area contributed by atoms with Gasteiger partial charge in [0.25, 0.3) is 5.89 Å². The lowest BCUT2D eigenvalue weighted by molar-refractivity contribution is -0.114. The number of carbonyl (C=O) groups is 1. The molecule has 7 heteroatoms. The van der Waals surface area contributed by atoms with Gasteiger partial charge in [0.15, 0.2) is 5.82 Å². The van der Waals surface area contributed by atoms with Crippen LogP contribution in [0.4, 0.5) is 10.1 Å². The van der Waals surface area contributed by atoms with Crippen molar-refractivity contribution in [3.63, 3.8) is 0 Å². The van der Waals surface area contributed by atoms with Crippen LogP contribution >= 0.6 is 0 Å². The Hall–Kier alpha value is -3.06. The summed E-state index contributed by atoms with van der Waals surface area (Å²) < 4.78 is 24.6. The topological polar surface area (TPSA) is 77.2 Å². The van der Waals surface area contributed by atoms with Gasteiger partial charge < -0.3 is 14.6 Å². The van der Waals surface area contributed by atoms with E-state index in [4.69, 9.17) is 9.26 Å². The Bertz CT molecular complexity index is 1010. The number of benzene rings is 2. The van der Waals surface area contributed by atoms with E-state index in [0.717, 1.165) is 16.7 Å². The predicted octanol–water partition coefficient (Wildman–Crippen LogP) is 3.85. The number of nitrogens with zero attached hydrogens (tertiary/aromatic N) is 2. The van der Waals surface area contributed by atoms with Crippen LogP contribution < -0.4 is 5.32 Å². The molecule has 1 fully saturated rings. The number of halogens is 1. The second kappa shape index (κ2) is 7.16. The first-order chi connectivity index (χ1) is 13.5. The summed E-state index contributed by atoms with van der Waals surface area (Å²) in [6.45, 7) is 4.37. The summed E-state index contributed by atoms with van der Waals surface area (Å²) in [5.74, 6) is 0.503. The summed E-state index contributed by atoms with van der Waals surface area (Å²) in [6, 6.07) is 11.8. The molecule has 144 valence electrons. The third-order valence-corrected chi connectivity index (χ3v) is 5.05. The molecule has 0 radical (unpaired) electrons. The van der Waals surface area contributed by atoms with Crippen molar-refractivity contribution in [2.45, 2.75) is 25.7 Å². The van der Waals surface area contributed by atoms with Crippen LogP contribution in [0.5, 0.6) is 0 Å². The van der Waals surface area contributed by atoms with Gasteiger partial charge >= 0.3 is 0 Å². The number of carbonyl (C=O) groups excluding carboxylic acids is 1. The van der Waals surface area contributed by atoms with Gasteiger partial charge in [0, 0.05) is 24.8 Å². The first-order valence-electron chi connectivity index (χ1n) is 9.04. The summed E-state index contributed by atoms with van der Waals surface area (Å²) in [4.78, 5) is 15.9. The predicted molar refractivity (Wildman–Crippen MR) is 101 cm³/mol. The second-order valence-corrected chi connectivity index (χ2v) is 7.03. The molecule has 1 atom stereocenters. The van der Waals surface area contributed by atoms with Crippen molar-refractivity contribution >= 4 is 11.6 Å². The first kappa shape index (κ1) is 18.3. The van der Waals surface area contributed by atoms with Crippen molar-refractivity contribution in [2.75, 3.05) is 18.5 Å². The summed E-state index contributed by atoms with van der Waals surface area (Å²) in [7, 11) is 0. The molecule has 1 amide bonds. The molecule has 0 spiro atoms. The molecule has 2 aromatic carbocycles. The van der Waals surface area contributed by atoms with Crippen molar-refractivity contribution in [2.24, 2.45) is 0 Å². The molecule has 1 aliphatic rings. The zero-order valence-electron chi connectivity index (χ0n) is 15.7. The van der Waals surface area contributed by atoms with Gasteiger partial charge in [-0.05, 0) is 54.8 Å². The van der Waals surface area contributed by atoms with Crippen LogP contribution in [0.25, 0.3) is 11.5 Å². The average molecular weight is 381 g/mol. The van der Waals surface area contributed by atoms with E-state index >= 15 is 0 Å². The second-order valence-electron chi connectivity index (χ2n) is 7.03. The molecule has 28 heavy (non-hydrogen) atoms. The molecule has 0 unspecified atom stereocenters. The highest BCUT2D eigenvalue weighted by Crippen LogP contribution is 2.39. The van der Waals surface area contributed by atoms with Gasteiger partial charge in [-0.15, -0.1) is 0 Å². The molecule has 0 saturated carbocycles. The van der Waals surface area contributed by atoms with E-state index < -0.39 is 5.41 Å². The summed E-state index contributed by atoms with van der Waals surface area (Å²) >= 11 is 0. The lowest BCUT2D eigenvalue weighted by Gasteiger charge is -2.23. The maximum absolute atomic E-state index is 13.4. The fourth-order valence-electron chi connectivity index (χ4n) is 3.58. The number of hydrogen-bond donors (Lipinski definition) is 1. The van der Waals surface area contributed by atoms with Gasteiger partial charge in [0.2, 0.25) is 5.91 Å². The molecule has 2 heterocycles. The van der Waals surface area contributed by atoms with Gasteiger partial charge in [0.1, 0.15) is 5.82 Å². The largest absolute Gasteiger partial charge is 0.380 e. The number of nitrogens with one attached hydrogen (secondary N) is 1. The Morgan fingerprint density at radius 2 is 2.00 bits per heavy atom. The zero-order valence-corrected chi connectivity index (χ0v) is 15.7. The molecule has 0 aliphatic carbocycles. The third kappa shape index (κ3) is 3.29. The molecule has 1 saturated heterocycles. The first-order valence-corrected chi connectivity index (χ1v) is 9.04. The standard InChI is InChI=1S/C21H20FN3O3/c1-13-11-17(23-14(2)26)7-8-18(13)19-24-20(25-28-19)21(9-10-27-12-21)15-3-5-16(22)6-4-15/h3-8,11H,9-10,12H2,1-2H3,(H,23,26)/t21-/m1/s1. The number of aromatic nitrogens is 2. The van der Waals surface area contributed by atoms with Gasteiger partial charge in [-0.25, -0.2) is 4.39 Å². The van der Waals surface area contributed by atoms with Crippen LogP contribution in [0.1, 0.15) is 30.3 Å². The smallest absolute Gasteiger partial charge is 0.258 e.